The van der Waals surface area contributed by atoms with Crippen LogP contribution in [-0.4, -0.2) is 34.8 Å². The Labute approximate surface area is 111 Å². The number of rotatable bonds is 3. The van der Waals surface area contributed by atoms with E-state index in [1.165, 1.54) is 14.0 Å². The Balaban J connectivity index is 0. The van der Waals surface area contributed by atoms with Crippen molar-refractivity contribution in [2.45, 2.75) is 6.92 Å². The van der Waals surface area contributed by atoms with Crippen LogP contribution in [-0.2, 0) is 9.53 Å². The van der Waals surface area contributed by atoms with Crippen LogP contribution < -0.4 is 10.6 Å². The Morgan fingerprint density at radius 1 is 1.20 bits per heavy atom. The summed E-state index contributed by atoms with van der Waals surface area (Å²) in [6.45, 7) is 2.78. The first-order chi connectivity index (χ1) is 6.90. The number of carbonyl (C=O) groups is 1. The van der Waals surface area contributed by atoms with Gasteiger partial charge in [-0.2, -0.15) is 0 Å². The molecule has 0 rings (SSSR count). The van der Waals surface area contributed by atoms with Crippen molar-refractivity contribution in [3.8, 4) is 0 Å². The highest BCUT2D eigenvalue weighted by molar-refractivity contribution is 8.11. The number of ether oxygens (including phenoxy) is 1. The van der Waals surface area contributed by atoms with Crippen LogP contribution in [0.3, 0.4) is 0 Å². The van der Waals surface area contributed by atoms with Gasteiger partial charge in [0, 0.05) is 20.0 Å². The molecule has 0 atom stereocenters. The van der Waals surface area contributed by atoms with Crippen molar-refractivity contribution in [3.05, 3.63) is 0 Å². The molecule has 0 aliphatic rings. The van der Waals surface area contributed by atoms with E-state index < -0.39 is 0 Å². The standard InChI is InChI=1S/C4H8N2S4.C3H6O2/c7-3(8)5-1-2-6-4(9)10;1-3(4)5-2/h1-2H2,(H2,5,7,8)(H2,6,9,10);1-2H3. The summed E-state index contributed by atoms with van der Waals surface area (Å²) in [5.74, 6) is -0.245. The van der Waals surface area contributed by atoms with Crippen LogP contribution >= 0.6 is 49.7 Å². The van der Waals surface area contributed by atoms with Gasteiger partial charge in [-0.1, -0.05) is 24.4 Å². The van der Waals surface area contributed by atoms with E-state index in [-0.39, 0.29) is 5.97 Å². The Kier molecular flexibility index (Phi) is 13.9. The molecule has 0 aliphatic carbocycles. The molecule has 0 amide bonds. The molecule has 0 heterocycles. The maximum Gasteiger partial charge on any atom is 0.302 e. The van der Waals surface area contributed by atoms with Gasteiger partial charge in [-0.15, -0.1) is 25.3 Å². The molecule has 0 aliphatic heterocycles. The number of nitrogens with one attached hydrogen (secondary N) is 2. The summed E-state index contributed by atoms with van der Waals surface area (Å²) in [4.78, 5) is 9.59. The third-order valence-corrected chi connectivity index (χ3v) is 1.57. The second-order valence-electron chi connectivity index (χ2n) is 2.16. The third-order valence-electron chi connectivity index (χ3n) is 0.965. The highest BCUT2D eigenvalue weighted by Crippen LogP contribution is 1.77. The molecule has 0 aromatic rings. The third kappa shape index (κ3) is 24.9. The number of hydrogen-bond donors (Lipinski definition) is 4. The van der Waals surface area contributed by atoms with E-state index in [1.54, 1.807) is 0 Å². The molecule has 2 N–H and O–H groups in total. The van der Waals surface area contributed by atoms with Gasteiger partial charge in [0.1, 0.15) is 8.64 Å². The summed E-state index contributed by atoms with van der Waals surface area (Å²) < 4.78 is 5.10. The number of thiocarbonyl (C=S) groups is 2. The summed E-state index contributed by atoms with van der Waals surface area (Å²) in [7, 11) is 1.35. The molecule has 0 bridgehead atoms. The van der Waals surface area contributed by atoms with E-state index in [0.717, 1.165) is 0 Å². The van der Waals surface area contributed by atoms with E-state index in [4.69, 9.17) is 0 Å². The Morgan fingerprint density at radius 2 is 1.47 bits per heavy atom. The minimum Gasteiger partial charge on any atom is -0.469 e. The van der Waals surface area contributed by atoms with Gasteiger partial charge >= 0.3 is 5.97 Å². The van der Waals surface area contributed by atoms with Crippen molar-refractivity contribution in [2.75, 3.05) is 20.2 Å². The Morgan fingerprint density at radius 3 is 1.60 bits per heavy atom. The number of carbonyl (C=O) groups excluding carboxylic acids is 1. The van der Waals surface area contributed by atoms with Crippen LogP contribution in [0.4, 0.5) is 0 Å². The summed E-state index contributed by atoms with van der Waals surface area (Å²) in [5.41, 5.74) is 0. The summed E-state index contributed by atoms with van der Waals surface area (Å²) in [6, 6.07) is 0. The molecule has 0 spiro atoms. The molecule has 0 aromatic heterocycles. The topological polar surface area (TPSA) is 50.4 Å². The number of esters is 1. The second kappa shape index (κ2) is 12.0. The Hall–Kier alpha value is -0.0500. The molecular weight excluding hydrogens is 272 g/mol. The molecular formula is C7H14N2O2S4. The van der Waals surface area contributed by atoms with Crippen molar-refractivity contribution in [3.63, 3.8) is 0 Å². The van der Waals surface area contributed by atoms with Crippen molar-refractivity contribution in [1.82, 2.24) is 10.6 Å². The molecule has 0 unspecified atom stereocenters. The fourth-order valence-electron chi connectivity index (χ4n) is 0.339. The van der Waals surface area contributed by atoms with Crippen LogP contribution in [0.1, 0.15) is 6.92 Å². The first-order valence-corrected chi connectivity index (χ1v) is 5.59. The maximum atomic E-state index is 9.59. The van der Waals surface area contributed by atoms with E-state index in [1.807, 2.05) is 0 Å². The zero-order valence-corrected chi connectivity index (χ0v) is 11.9. The van der Waals surface area contributed by atoms with Crippen LogP contribution in [0.15, 0.2) is 0 Å². The molecule has 0 saturated carbocycles. The minimum atomic E-state index is -0.245. The predicted octanol–water partition coefficient (Wildman–Crippen LogP) is 0.774. The summed E-state index contributed by atoms with van der Waals surface area (Å²) in [6.07, 6.45) is 0. The van der Waals surface area contributed by atoms with Crippen LogP contribution in [0.5, 0.6) is 0 Å². The zero-order chi connectivity index (χ0) is 12.3. The summed E-state index contributed by atoms with van der Waals surface area (Å²) in [5, 5.41) is 5.68. The average molecular weight is 286 g/mol. The molecule has 8 heteroatoms. The predicted molar refractivity (Wildman–Crippen MR) is 76.9 cm³/mol. The van der Waals surface area contributed by atoms with Crippen LogP contribution in [0.25, 0.3) is 0 Å². The minimum absolute atomic E-state index is 0.245. The van der Waals surface area contributed by atoms with Gasteiger partial charge in [0.05, 0.1) is 7.11 Å². The summed E-state index contributed by atoms with van der Waals surface area (Å²) >= 11 is 17.0. The van der Waals surface area contributed by atoms with Gasteiger partial charge in [-0.3, -0.25) is 4.79 Å². The lowest BCUT2D eigenvalue weighted by Gasteiger charge is -2.03. The largest absolute Gasteiger partial charge is 0.469 e. The van der Waals surface area contributed by atoms with Gasteiger partial charge in [0.25, 0.3) is 0 Å². The van der Waals surface area contributed by atoms with Gasteiger partial charge in [-0.05, 0) is 0 Å². The molecule has 88 valence electrons. The van der Waals surface area contributed by atoms with E-state index in [2.05, 4.69) is 65.1 Å². The van der Waals surface area contributed by atoms with E-state index >= 15 is 0 Å². The highest BCUT2D eigenvalue weighted by Gasteiger charge is 1.87. The quantitative estimate of drug-likeness (QED) is 0.266. The first kappa shape index (κ1) is 17.3. The van der Waals surface area contributed by atoms with Gasteiger partial charge < -0.3 is 15.4 Å². The average Bonchev–Trinajstić information content (AvgIpc) is 2.13. The smallest absolute Gasteiger partial charge is 0.302 e. The highest BCUT2D eigenvalue weighted by atomic mass is 32.1. The lowest BCUT2D eigenvalue weighted by atomic mass is 10.6. The SMILES string of the molecule is COC(C)=O.S=C(S)NCCNC(=S)S. The monoisotopic (exact) mass is 286 g/mol. The lowest BCUT2D eigenvalue weighted by Crippen LogP contribution is -2.29. The number of thiol groups is 2. The fourth-order valence-corrected chi connectivity index (χ4v) is 0.767. The molecule has 0 aromatic carbocycles. The van der Waals surface area contributed by atoms with Crippen molar-refractivity contribution in [1.29, 1.82) is 0 Å². The molecule has 0 fully saturated rings. The fraction of sp³-hybridized carbons (Fsp3) is 0.571. The van der Waals surface area contributed by atoms with Crippen molar-refractivity contribution in [2.24, 2.45) is 0 Å². The molecule has 0 saturated heterocycles. The van der Waals surface area contributed by atoms with E-state index in [9.17, 15) is 4.79 Å². The van der Waals surface area contributed by atoms with E-state index in [0.29, 0.717) is 21.7 Å². The number of methoxy groups -OCH3 is 1. The molecule has 4 nitrogen and oxygen atoms in total. The number of hydrogen-bond acceptors (Lipinski definition) is 4. The maximum absolute atomic E-state index is 9.59. The normalized spacial score (nSPS) is 8.00. The zero-order valence-electron chi connectivity index (χ0n) is 8.44. The van der Waals surface area contributed by atoms with Crippen molar-refractivity contribution >= 4 is 64.3 Å². The lowest BCUT2D eigenvalue weighted by molar-refractivity contribution is -0.137. The van der Waals surface area contributed by atoms with Gasteiger partial charge in [-0.25, -0.2) is 0 Å². The molecule has 0 radical (unpaired) electrons. The first-order valence-electron chi connectivity index (χ1n) is 3.88. The van der Waals surface area contributed by atoms with Crippen molar-refractivity contribution < 1.29 is 9.53 Å². The Bertz CT molecular complexity index is 207. The van der Waals surface area contributed by atoms with Gasteiger partial charge in [0.2, 0.25) is 0 Å². The van der Waals surface area contributed by atoms with Crippen LogP contribution in [0.2, 0.25) is 0 Å². The second-order valence-corrected chi connectivity index (χ2v) is 4.48. The van der Waals surface area contributed by atoms with Gasteiger partial charge in [0.15, 0.2) is 0 Å². The molecule has 15 heavy (non-hydrogen) atoms. The van der Waals surface area contributed by atoms with Crippen LogP contribution in [0, 0.1) is 0 Å².